The summed E-state index contributed by atoms with van der Waals surface area (Å²) in [6, 6.07) is 6.67. The lowest BCUT2D eigenvalue weighted by Gasteiger charge is -2.20. The van der Waals surface area contributed by atoms with Crippen LogP contribution in [-0.2, 0) is 0 Å². The number of phenols is 2. The number of hydrogen-bond acceptors (Lipinski definition) is 5. The first-order chi connectivity index (χ1) is 9.54. The Kier molecular flexibility index (Phi) is 2.50. The number of aromatic hydroxyl groups is 2. The number of hydrogen-bond donors (Lipinski definition) is 2. The molecule has 100 valence electrons. The van der Waals surface area contributed by atoms with Crippen LogP contribution >= 0.6 is 0 Å². The van der Waals surface area contributed by atoms with E-state index in [1.54, 1.807) is 0 Å². The van der Waals surface area contributed by atoms with Gasteiger partial charge in [0.25, 0.3) is 0 Å². The highest BCUT2D eigenvalue weighted by Crippen LogP contribution is 2.38. The number of carbonyl (C=O) groups is 2. The normalized spacial score (nSPS) is 12.8. The molecule has 3 rings (SSSR count). The third kappa shape index (κ3) is 1.50. The first kappa shape index (κ1) is 12.2. The van der Waals surface area contributed by atoms with E-state index in [2.05, 4.69) is 0 Å². The Bertz CT molecular complexity index is 761. The van der Waals surface area contributed by atoms with Crippen LogP contribution in [0.25, 0.3) is 0 Å². The Morgan fingerprint density at radius 2 is 1.60 bits per heavy atom. The Morgan fingerprint density at radius 3 is 2.30 bits per heavy atom. The summed E-state index contributed by atoms with van der Waals surface area (Å²) >= 11 is 0. The van der Waals surface area contributed by atoms with Crippen molar-refractivity contribution >= 4 is 11.6 Å². The van der Waals surface area contributed by atoms with E-state index in [1.165, 1.54) is 37.4 Å². The number of rotatable bonds is 1. The van der Waals surface area contributed by atoms with Gasteiger partial charge in [-0.05, 0) is 30.3 Å². The highest BCUT2D eigenvalue weighted by Gasteiger charge is 2.34. The molecule has 0 aliphatic heterocycles. The maximum absolute atomic E-state index is 12.5. The molecule has 0 saturated carbocycles. The Labute approximate surface area is 114 Å². The zero-order valence-electron chi connectivity index (χ0n) is 10.5. The van der Waals surface area contributed by atoms with Crippen LogP contribution in [0.5, 0.6) is 17.2 Å². The van der Waals surface area contributed by atoms with Gasteiger partial charge in [-0.25, -0.2) is 0 Å². The van der Waals surface area contributed by atoms with Gasteiger partial charge in [0.1, 0.15) is 17.2 Å². The molecular formula is C15H10O5. The van der Waals surface area contributed by atoms with Crippen LogP contribution in [0.2, 0.25) is 0 Å². The summed E-state index contributed by atoms with van der Waals surface area (Å²) in [7, 11) is 1.38. The molecule has 0 atom stereocenters. The molecule has 1 aliphatic carbocycles. The van der Waals surface area contributed by atoms with E-state index in [-0.39, 0.29) is 39.5 Å². The molecule has 0 amide bonds. The summed E-state index contributed by atoms with van der Waals surface area (Å²) < 4.78 is 5.08. The number of carbonyl (C=O) groups excluding carboxylic acids is 2. The van der Waals surface area contributed by atoms with Crippen LogP contribution in [0.1, 0.15) is 31.8 Å². The van der Waals surface area contributed by atoms with Crippen molar-refractivity contribution in [3.05, 3.63) is 52.6 Å². The first-order valence-electron chi connectivity index (χ1n) is 5.87. The van der Waals surface area contributed by atoms with Gasteiger partial charge >= 0.3 is 0 Å². The van der Waals surface area contributed by atoms with Crippen LogP contribution in [-0.4, -0.2) is 28.9 Å². The summed E-state index contributed by atoms with van der Waals surface area (Å²) in [6.07, 6.45) is 0. The van der Waals surface area contributed by atoms with Crippen molar-refractivity contribution in [2.24, 2.45) is 0 Å². The number of methoxy groups -OCH3 is 1. The number of phenolic OH excluding ortho intramolecular Hbond substituents is 2. The molecule has 0 heterocycles. The molecule has 0 radical (unpaired) electrons. The zero-order chi connectivity index (χ0) is 14.4. The molecule has 0 aromatic heterocycles. The quantitative estimate of drug-likeness (QED) is 0.705. The van der Waals surface area contributed by atoms with Gasteiger partial charge in [-0.1, -0.05) is 0 Å². The Hall–Kier alpha value is -2.82. The molecular weight excluding hydrogens is 260 g/mol. The average molecular weight is 270 g/mol. The minimum atomic E-state index is -0.467. The highest BCUT2D eigenvalue weighted by atomic mass is 16.5. The van der Waals surface area contributed by atoms with E-state index >= 15 is 0 Å². The second kappa shape index (κ2) is 4.09. The van der Waals surface area contributed by atoms with Gasteiger partial charge in [-0.15, -0.1) is 0 Å². The van der Waals surface area contributed by atoms with Gasteiger partial charge in [0, 0.05) is 11.1 Å². The maximum atomic E-state index is 12.5. The lowest BCUT2D eigenvalue weighted by Crippen LogP contribution is -2.21. The molecule has 1 aliphatic rings. The lowest BCUT2D eigenvalue weighted by molar-refractivity contribution is 0.0973. The SMILES string of the molecule is COc1ccc(O)c2c1C(=O)c1cc(O)ccc1C2=O. The fraction of sp³-hybridized carbons (Fsp3) is 0.0667. The van der Waals surface area contributed by atoms with Crippen molar-refractivity contribution < 1.29 is 24.5 Å². The van der Waals surface area contributed by atoms with E-state index in [0.717, 1.165) is 0 Å². The van der Waals surface area contributed by atoms with Gasteiger partial charge in [-0.2, -0.15) is 0 Å². The molecule has 5 heteroatoms. The summed E-state index contributed by atoms with van der Waals surface area (Å²) in [4.78, 5) is 24.9. The summed E-state index contributed by atoms with van der Waals surface area (Å²) in [5.74, 6) is -1.08. The largest absolute Gasteiger partial charge is 0.508 e. The Morgan fingerprint density at radius 1 is 0.900 bits per heavy atom. The predicted octanol–water partition coefficient (Wildman–Crippen LogP) is 1.88. The van der Waals surface area contributed by atoms with Crippen molar-refractivity contribution in [2.45, 2.75) is 0 Å². The van der Waals surface area contributed by atoms with Crippen molar-refractivity contribution in [2.75, 3.05) is 7.11 Å². The molecule has 0 fully saturated rings. The second-order valence-electron chi connectivity index (χ2n) is 4.43. The molecule has 0 unspecified atom stereocenters. The van der Waals surface area contributed by atoms with Crippen LogP contribution in [0.15, 0.2) is 30.3 Å². The predicted molar refractivity (Wildman–Crippen MR) is 69.6 cm³/mol. The standard InChI is InChI=1S/C15H10O5/c1-20-11-5-4-10(17)12-13(11)15(19)9-6-7(16)2-3-8(9)14(12)18/h2-6,16-17H,1H3. The fourth-order valence-electron chi connectivity index (χ4n) is 2.39. The fourth-order valence-corrected chi connectivity index (χ4v) is 2.39. The molecule has 0 bridgehead atoms. The topological polar surface area (TPSA) is 83.8 Å². The third-order valence-corrected chi connectivity index (χ3v) is 3.31. The monoisotopic (exact) mass is 270 g/mol. The van der Waals surface area contributed by atoms with Crippen LogP contribution in [0.3, 0.4) is 0 Å². The first-order valence-corrected chi connectivity index (χ1v) is 5.87. The van der Waals surface area contributed by atoms with Crippen LogP contribution in [0, 0.1) is 0 Å². The van der Waals surface area contributed by atoms with E-state index in [1.807, 2.05) is 0 Å². The third-order valence-electron chi connectivity index (χ3n) is 3.31. The molecule has 5 nitrogen and oxygen atoms in total. The lowest BCUT2D eigenvalue weighted by atomic mass is 9.83. The number of benzene rings is 2. The molecule has 0 saturated heterocycles. The molecule has 2 N–H and O–H groups in total. The van der Waals surface area contributed by atoms with Crippen LogP contribution in [0.4, 0.5) is 0 Å². The van der Waals surface area contributed by atoms with Gasteiger partial charge in [0.05, 0.1) is 18.2 Å². The smallest absolute Gasteiger partial charge is 0.198 e. The van der Waals surface area contributed by atoms with E-state index in [0.29, 0.717) is 0 Å². The minimum Gasteiger partial charge on any atom is -0.508 e. The van der Waals surface area contributed by atoms with E-state index < -0.39 is 11.6 Å². The summed E-state index contributed by atoms with van der Waals surface area (Å²) in [5, 5.41) is 19.3. The van der Waals surface area contributed by atoms with Gasteiger partial charge in [0.15, 0.2) is 11.6 Å². The molecule has 20 heavy (non-hydrogen) atoms. The van der Waals surface area contributed by atoms with Crippen LogP contribution < -0.4 is 4.74 Å². The zero-order valence-corrected chi connectivity index (χ0v) is 10.5. The molecule has 2 aromatic carbocycles. The van der Waals surface area contributed by atoms with Gasteiger partial charge in [-0.3, -0.25) is 9.59 Å². The van der Waals surface area contributed by atoms with Crippen molar-refractivity contribution in [1.29, 1.82) is 0 Å². The van der Waals surface area contributed by atoms with E-state index in [9.17, 15) is 19.8 Å². The van der Waals surface area contributed by atoms with Gasteiger partial charge < -0.3 is 14.9 Å². The molecule has 0 spiro atoms. The van der Waals surface area contributed by atoms with E-state index in [4.69, 9.17) is 4.74 Å². The van der Waals surface area contributed by atoms with Crippen molar-refractivity contribution in [3.8, 4) is 17.2 Å². The average Bonchev–Trinajstić information content (AvgIpc) is 2.44. The van der Waals surface area contributed by atoms with Crippen molar-refractivity contribution in [3.63, 3.8) is 0 Å². The summed E-state index contributed by atoms with van der Waals surface area (Å²) in [5.41, 5.74) is 0.221. The Balaban J connectivity index is 2.37. The number of ketones is 2. The number of ether oxygens (including phenoxy) is 1. The summed E-state index contributed by atoms with van der Waals surface area (Å²) in [6.45, 7) is 0. The highest BCUT2D eigenvalue weighted by molar-refractivity contribution is 6.30. The van der Waals surface area contributed by atoms with Crippen molar-refractivity contribution in [1.82, 2.24) is 0 Å². The number of fused-ring (bicyclic) bond motifs is 2. The maximum Gasteiger partial charge on any atom is 0.198 e. The van der Waals surface area contributed by atoms with Gasteiger partial charge in [0.2, 0.25) is 0 Å². The molecule has 2 aromatic rings. The second-order valence-corrected chi connectivity index (χ2v) is 4.43. The minimum absolute atomic E-state index is 0.0237.